The van der Waals surface area contributed by atoms with Gasteiger partial charge >= 0.3 is 0 Å². The van der Waals surface area contributed by atoms with E-state index in [0.717, 1.165) is 5.56 Å². The van der Waals surface area contributed by atoms with Crippen molar-refractivity contribution in [3.63, 3.8) is 0 Å². The van der Waals surface area contributed by atoms with Crippen LogP contribution in [-0.2, 0) is 16.4 Å². The summed E-state index contributed by atoms with van der Waals surface area (Å²) < 4.78 is 44.5. The number of oxazole rings is 1. The van der Waals surface area contributed by atoms with Crippen LogP contribution in [0.15, 0.2) is 58.3 Å². The maximum atomic E-state index is 13.0. The monoisotopic (exact) mass is 446 g/mol. The number of halogens is 1. The number of hydrogen-bond acceptors (Lipinski definition) is 6. The fourth-order valence-corrected chi connectivity index (χ4v) is 5.13. The largest absolute Gasteiger partial charge is 0.431 e. The molecule has 0 spiro atoms. The van der Waals surface area contributed by atoms with Gasteiger partial charge in [-0.2, -0.15) is 0 Å². The van der Waals surface area contributed by atoms with Crippen LogP contribution in [0.1, 0.15) is 22.8 Å². The molecule has 0 saturated carbocycles. The minimum Gasteiger partial charge on any atom is -0.431 e. The first-order valence-corrected chi connectivity index (χ1v) is 12.0. The SMILES string of the molecule is CCS(=O)(=O)N1CCc2cc(C(=O)CSc3ncc(-c4ccc(F)cc4)o3)ccc21. The number of hydrogen-bond donors (Lipinski definition) is 0. The molecule has 30 heavy (non-hydrogen) atoms. The highest BCUT2D eigenvalue weighted by atomic mass is 32.2. The molecule has 1 aliphatic rings. The minimum atomic E-state index is -3.31. The van der Waals surface area contributed by atoms with E-state index in [0.29, 0.717) is 40.8 Å². The van der Waals surface area contributed by atoms with Crippen molar-refractivity contribution in [3.8, 4) is 11.3 Å². The first-order valence-electron chi connectivity index (χ1n) is 9.38. The van der Waals surface area contributed by atoms with Gasteiger partial charge in [0.15, 0.2) is 11.5 Å². The van der Waals surface area contributed by atoms with Crippen molar-refractivity contribution in [1.29, 1.82) is 0 Å². The van der Waals surface area contributed by atoms with Gasteiger partial charge in [-0.25, -0.2) is 17.8 Å². The lowest BCUT2D eigenvalue weighted by atomic mass is 10.1. The molecule has 3 aromatic rings. The van der Waals surface area contributed by atoms with Gasteiger partial charge in [-0.15, -0.1) is 0 Å². The number of carbonyl (C=O) groups is 1. The molecule has 2 heterocycles. The van der Waals surface area contributed by atoms with Crippen molar-refractivity contribution in [2.24, 2.45) is 0 Å². The van der Waals surface area contributed by atoms with E-state index in [-0.39, 0.29) is 23.1 Å². The van der Waals surface area contributed by atoms with Crippen molar-refractivity contribution >= 4 is 33.3 Å². The Morgan fingerprint density at radius 2 is 2.00 bits per heavy atom. The number of ketones is 1. The van der Waals surface area contributed by atoms with Crippen molar-refractivity contribution in [2.75, 3.05) is 22.4 Å². The number of fused-ring (bicyclic) bond motifs is 1. The number of aromatic nitrogens is 1. The summed E-state index contributed by atoms with van der Waals surface area (Å²) in [6.45, 7) is 2.02. The predicted octanol–water partition coefficient (Wildman–Crippen LogP) is 4.17. The van der Waals surface area contributed by atoms with Gasteiger partial charge in [-0.1, -0.05) is 11.8 Å². The van der Waals surface area contributed by atoms with Gasteiger partial charge in [0, 0.05) is 17.7 Å². The normalized spacial score (nSPS) is 13.5. The van der Waals surface area contributed by atoms with Crippen LogP contribution in [0.2, 0.25) is 0 Å². The first kappa shape index (κ1) is 20.6. The minimum absolute atomic E-state index is 0.0415. The van der Waals surface area contributed by atoms with Gasteiger partial charge < -0.3 is 4.42 Å². The number of Topliss-reactive ketones (excluding diaryl/α,β-unsaturated/α-hetero) is 1. The van der Waals surface area contributed by atoms with Gasteiger partial charge in [0.05, 0.1) is 23.4 Å². The van der Waals surface area contributed by atoms with Crippen LogP contribution in [-0.4, -0.2) is 37.2 Å². The van der Waals surface area contributed by atoms with Crippen LogP contribution in [0.5, 0.6) is 0 Å². The zero-order chi connectivity index (χ0) is 21.3. The molecule has 1 aromatic heterocycles. The Morgan fingerprint density at radius 1 is 1.23 bits per heavy atom. The number of rotatable bonds is 7. The Bertz CT molecular complexity index is 1190. The van der Waals surface area contributed by atoms with Crippen molar-refractivity contribution in [2.45, 2.75) is 18.6 Å². The summed E-state index contributed by atoms with van der Waals surface area (Å²) in [5, 5.41) is 0.351. The standard InChI is InChI=1S/C21H19FN2O4S2/c1-2-30(26,27)24-10-9-15-11-16(5-8-18(15)24)19(25)13-29-21-23-12-20(28-21)14-3-6-17(22)7-4-14/h3-8,11-12H,2,9-10,13H2,1H3. The van der Waals surface area contributed by atoms with Gasteiger partial charge in [0.2, 0.25) is 10.0 Å². The third kappa shape index (κ3) is 4.13. The summed E-state index contributed by atoms with van der Waals surface area (Å²) in [4.78, 5) is 16.8. The van der Waals surface area contributed by atoms with E-state index in [1.165, 1.54) is 34.4 Å². The second kappa shape index (κ2) is 8.23. The summed E-state index contributed by atoms with van der Waals surface area (Å²) in [6.07, 6.45) is 2.13. The molecular formula is C21H19FN2O4S2. The predicted molar refractivity (Wildman–Crippen MR) is 114 cm³/mol. The maximum Gasteiger partial charge on any atom is 0.256 e. The maximum absolute atomic E-state index is 13.0. The highest BCUT2D eigenvalue weighted by Gasteiger charge is 2.28. The highest BCUT2D eigenvalue weighted by molar-refractivity contribution is 7.99. The number of thioether (sulfide) groups is 1. The third-order valence-corrected chi connectivity index (χ3v) is 7.52. The summed E-state index contributed by atoms with van der Waals surface area (Å²) in [5.41, 5.74) is 2.74. The van der Waals surface area contributed by atoms with E-state index >= 15 is 0 Å². The summed E-state index contributed by atoms with van der Waals surface area (Å²) in [5.74, 6) is 0.253. The molecule has 0 saturated heterocycles. The molecule has 0 fully saturated rings. The van der Waals surface area contributed by atoms with E-state index in [2.05, 4.69) is 4.98 Å². The van der Waals surface area contributed by atoms with E-state index < -0.39 is 10.0 Å². The summed E-state index contributed by atoms with van der Waals surface area (Å²) in [6, 6.07) is 11.0. The Labute approximate surface area is 178 Å². The number of benzene rings is 2. The zero-order valence-electron chi connectivity index (χ0n) is 16.2. The molecular weight excluding hydrogens is 427 g/mol. The van der Waals surface area contributed by atoms with Gasteiger partial charge in [0.25, 0.3) is 5.22 Å². The summed E-state index contributed by atoms with van der Waals surface area (Å²) >= 11 is 1.18. The lowest BCUT2D eigenvalue weighted by Gasteiger charge is -2.18. The molecule has 0 bridgehead atoms. The van der Waals surface area contributed by atoms with Gasteiger partial charge in [0.1, 0.15) is 5.82 Å². The van der Waals surface area contributed by atoms with Crippen LogP contribution in [0, 0.1) is 5.82 Å². The van der Waals surface area contributed by atoms with E-state index in [1.807, 2.05) is 0 Å². The molecule has 0 amide bonds. The molecule has 0 aliphatic carbocycles. The number of sulfonamides is 1. The Kier molecular flexibility index (Phi) is 5.66. The van der Waals surface area contributed by atoms with Crippen molar-refractivity contribution < 1.29 is 22.0 Å². The summed E-state index contributed by atoms with van der Waals surface area (Å²) in [7, 11) is -3.31. The number of carbonyl (C=O) groups excluding carboxylic acids is 1. The fourth-order valence-electron chi connectivity index (χ4n) is 3.27. The zero-order valence-corrected chi connectivity index (χ0v) is 17.8. The van der Waals surface area contributed by atoms with Gasteiger partial charge in [-0.05, 0) is 61.4 Å². The molecule has 6 nitrogen and oxygen atoms in total. The molecule has 0 radical (unpaired) electrons. The molecule has 0 unspecified atom stereocenters. The van der Waals surface area contributed by atoms with Crippen LogP contribution in [0.25, 0.3) is 11.3 Å². The molecule has 4 rings (SSSR count). The molecule has 0 atom stereocenters. The van der Waals surface area contributed by atoms with Crippen LogP contribution < -0.4 is 4.31 Å². The lowest BCUT2D eigenvalue weighted by Crippen LogP contribution is -2.30. The second-order valence-corrected chi connectivity index (χ2v) is 9.88. The average molecular weight is 447 g/mol. The quantitative estimate of drug-likeness (QED) is 0.400. The van der Waals surface area contributed by atoms with E-state index in [9.17, 15) is 17.6 Å². The molecule has 9 heteroatoms. The Hall–Kier alpha value is -2.65. The smallest absolute Gasteiger partial charge is 0.256 e. The van der Waals surface area contributed by atoms with Crippen molar-refractivity contribution in [3.05, 3.63) is 65.6 Å². The van der Waals surface area contributed by atoms with E-state index in [1.54, 1.807) is 37.3 Å². The molecule has 1 aliphatic heterocycles. The lowest BCUT2D eigenvalue weighted by molar-refractivity contribution is 0.102. The van der Waals surface area contributed by atoms with E-state index in [4.69, 9.17) is 4.42 Å². The third-order valence-electron chi connectivity index (χ3n) is 4.89. The number of nitrogens with zero attached hydrogens (tertiary/aromatic N) is 2. The number of anilines is 1. The first-order chi connectivity index (χ1) is 14.4. The highest BCUT2D eigenvalue weighted by Crippen LogP contribution is 2.32. The van der Waals surface area contributed by atoms with Crippen LogP contribution in [0.3, 0.4) is 0 Å². The molecule has 2 aromatic carbocycles. The average Bonchev–Trinajstić information content (AvgIpc) is 3.39. The van der Waals surface area contributed by atoms with Gasteiger partial charge in [-0.3, -0.25) is 9.10 Å². The Balaban J connectivity index is 1.42. The molecule has 0 N–H and O–H groups in total. The second-order valence-electron chi connectivity index (χ2n) is 6.78. The topological polar surface area (TPSA) is 80.5 Å². The fraction of sp³-hybridized carbons (Fsp3) is 0.238. The van der Waals surface area contributed by atoms with Crippen molar-refractivity contribution in [1.82, 2.24) is 4.98 Å². The van der Waals surface area contributed by atoms with Crippen LogP contribution >= 0.6 is 11.8 Å². The Morgan fingerprint density at radius 3 is 2.73 bits per heavy atom. The molecule has 156 valence electrons. The van der Waals surface area contributed by atoms with Crippen LogP contribution in [0.4, 0.5) is 10.1 Å².